The average Bonchev–Trinajstić information content (AvgIpc) is 3.43. The van der Waals surface area contributed by atoms with E-state index in [4.69, 9.17) is 9.47 Å². The van der Waals surface area contributed by atoms with Gasteiger partial charge in [-0.05, 0) is 56.6 Å². The molecule has 1 aromatic carbocycles. The second kappa shape index (κ2) is 7.66. The lowest BCUT2D eigenvalue weighted by Crippen LogP contribution is -2.47. The Bertz CT molecular complexity index is 562. The predicted octanol–water partition coefficient (Wildman–Crippen LogP) is 2.97. The van der Waals surface area contributed by atoms with Crippen molar-refractivity contribution >= 4 is 5.91 Å². The molecule has 1 heterocycles. The molecule has 2 aliphatic rings. The Morgan fingerprint density at radius 3 is 2.71 bits per heavy atom. The van der Waals surface area contributed by atoms with Crippen molar-refractivity contribution in [3.8, 4) is 0 Å². The average molecular weight is 331 g/mol. The first-order valence-corrected chi connectivity index (χ1v) is 9.14. The molecule has 0 bridgehead atoms. The van der Waals surface area contributed by atoms with Crippen molar-refractivity contribution in [2.75, 3.05) is 26.4 Å². The number of benzene rings is 1. The Kier molecular flexibility index (Phi) is 5.57. The summed E-state index contributed by atoms with van der Waals surface area (Å²) in [7, 11) is 0. The fourth-order valence-corrected chi connectivity index (χ4v) is 3.51. The zero-order valence-electron chi connectivity index (χ0n) is 14.8. The number of rotatable bonds is 7. The van der Waals surface area contributed by atoms with Gasteiger partial charge in [0.25, 0.3) is 0 Å². The molecule has 1 aromatic rings. The number of nitrogens with one attached hydrogen (secondary N) is 1. The van der Waals surface area contributed by atoms with E-state index in [1.165, 1.54) is 24.0 Å². The molecule has 4 heteroatoms. The molecule has 1 amide bonds. The molecule has 1 N–H and O–H groups in total. The number of ether oxygens (including phenoxy) is 2. The zero-order chi connectivity index (χ0) is 17.0. The SMILES string of the molecule is Cc1ccccc1C1(CNC(=O)[C@H](C)OCC2CC2)CCOCC1. The number of hydrogen-bond acceptors (Lipinski definition) is 3. The molecule has 132 valence electrons. The van der Waals surface area contributed by atoms with Crippen molar-refractivity contribution in [1.82, 2.24) is 5.32 Å². The third-order valence-corrected chi connectivity index (χ3v) is 5.42. The van der Waals surface area contributed by atoms with Crippen LogP contribution >= 0.6 is 0 Å². The first-order valence-electron chi connectivity index (χ1n) is 9.14. The van der Waals surface area contributed by atoms with Gasteiger partial charge in [0.15, 0.2) is 0 Å². The molecular formula is C20H29NO3. The summed E-state index contributed by atoms with van der Waals surface area (Å²) < 4.78 is 11.3. The van der Waals surface area contributed by atoms with Gasteiger partial charge in [0.05, 0.1) is 6.61 Å². The Hall–Kier alpha value is -1.39. The van der Waals surface area contributed by atoms with Crippen molar-refractivity contribution in [3.05, 3.63) is 35.4 Å². The molecule has 1 aliphatic carbocycles. The van der Waals surface area contributed by atoms with E-state index in [9.17, 15) is 4.79 Å². The van der Waals surface area contributed by atoms with Crippen molar-refractivity contribution in [1.29, 1.82) is 0 Å². The molecular weight excluding hydrogens is 302 g/mol. The van der Waals surface area contributed by atoms with Crippen LogP contribution < -0.4 is 5.32 Å². The Labute approximate surface area is 144 Å². The highest BCUT2D eigenvalue weighted by Gasteiger charge is 2.36. The molecule has 1 aliphatic heterocycles. The summed E-state index contributed by atoms with van der Waals surface area (Å²) in [6.45, 7) is 6.86. The highest BCUT2D eigenvalue weighted by atomic mass is 16.5. The highest BCUT2D eigenvalue weighted by molar-refractivity contribution is 5.80. The summed E-state index contributed by atoms with van der Waals surface area (Å²) in [6.07, 6.45) is 3.99. The van der Waals surface area contributed by atoms with Gasteiger partial charge in [-0.15, -0.1) is 0 Å². The van der Waals surface area contributed by atoms with Crippen LogP contribution in [0.4, 0.5) is 0 Å². The van der Waals surface area contributed by atoms with Gasteiger partial charge in [0.1, 0.15) is 6.10 Å². The van der Waals surface area contributed by atoms with Crippen LogP contribution in [-0.2, 0) is 19.7 Å². The molecule has 1 saturated heterocycles. The van der Waals surface area contributed by atoms with E-state index in [-0.39, 0.29) is 17.4 Å². The molecule has 3 rings (SSSR count). The topological polar surface area (TPSA) is 47.6 Å². The maximum absolute atomic E-state index is 12.4. The van der Waals surface area contributed by atoms with Gasteiger partial charge in [-0.25, -0.2) is 0 Å². The number of aryl methyl sites for hydroxylation is 1. The molecule has 2 fully saturated rings. The molecule has 0 aromatic heterocycles. The fourth-order valence-electron chi connectivity index (χ4n) is 3.51. The fraction of sp³-hybridized carbons (Fsp3) is 0.650. The molecule has 0 unspecified atom stereocenters. The van der Waals surface area contributed by atoms with Gasteiger partial charge in [-0.1, -0.05) is 24.3 Å². The highest BCUT2D eigenvalue weighted by Crippen LogP contribution is 2.36. The maximum Gasteiger partial charge on any atom is 0.248 e. The second-order valence-corrected chi connectivity index (χ2v) is 7.34. The first kappa shape index (κ1) is 17.4. The largest absolute Gasteiger partial charge is 0.381 e. The summed E-state index contributed by atoms with van der Waals surface area (Å²) in [5.74, 6) is 0.671. The van der Waals surface area contributed by atoms with Crippen LogP contribution in [0.15, 0.2) is 24.3 Å². The minimum Gasteiger partial charge on any atom is -0.381 e. The lowest BCUT2D eigenvalue weighted by atomic mass is 9.72. The van der Waals surface area contributed by atoms with Gasteiger partial charge in [0, 0.05) is 25.2 Å². The van der Waals surface area contributed by atoms with Gasteiger partial charge < -0.3 is 14.8 Å². The molecule has 1 saturated carbocycles. The third-order valence-electron chi connectivity index (χ3n) is 5.42. The standard InChI is InChI=1S/C20H29NO3/c1-15-5-3-4-6-18(15)20(9-11-23-12-10-20)14-21-19(22)16(2)24-13-17-7-8-17/h3-6,16-17H,7-14H2,1-2H3,(H,21,22)/t16-/m0/s1. The minimum absolute atomic E-state index is 0.00454. The quantitative estimate of drug-likeness (QED) is 0.835. The molecule has 4 nitrogen and oxygen atoms in total. The van der Waals surface area contributed by atoms with Gasteiger partial charge in [0.2, 0.25) is 5.91 Å². The maximum atomic E-state index is 12.4. The summed E-state index contributed by atoms with van der Waals surface area (Å²) in [4.78, 5) is 12.4. The monoisotopic (exact) mass is 331 g/mol. The van der Waals surface area contributed by atoms with Gasteiger partial charge in [-0.3, -0.25) is 4.79 Å². The van der Waals surface area contributed by atoms with Crippen LogP contribution in [0.2, 0.25) is 0 Å². The van der Waals surface area contributed by atoms with E-state index in [2.05, 4.69) is 36.5 Å². The van der Waals surface area contributed by atoms with E-state index >= 15 is 0 Å². The smallest absolute Gasteiger partial charge is 0.248 e. The van der Waals surface area contributed by atoms with Gasteiger partial charge in [-0.2, -0.15) is 0 Å². The van der Waals surface area contributed by atoms with E-state index in [1.54, 1.807) is 0 Å². The molecule has 0 radical (unpaired) electrons. The lowest BCUT2D eigenvalue weighted by Gasteiger charge is -2.39. The van der Waals surface area contributed by atoms with Gasteiger partial charge >= 0.3 is 0 Å². The van der Waals surface area contributed by atoms with Crippen LogP contribution in [0.1, 0.15) is 43.7 Å². The Morgan fingerprint density at radius 2 is 2.04 bits per heavy atom. The number of carbonyl (C=O) groups excluding carboxylic acids is 1. The van der Waals surface area contributed by atoms with E-state index < -0.39 is 0 Å². The van der Waals surface area contributed by atoms with Crippen molar-refractivity contribution in [3.63, 3.8) is 0 Å². The van der Waals surface area contributed by atoms with E-state index in [0.717, 1.165) is 26.1 Å². The van der Waals surface area contributed by atoms with Crippen LogP contribution in [0.3, 0.4) is 0 Å². The summed E-state index contributed by atoms with van der Waals surface area (Å²) in [5, 5.41) is 3.14. The molecule has 1 atom stereocenters. The lowest BCUT2D eigenvalue weighted by molar-refractivity contribution is -0.132. The van der Waals surface area contributed by atoms with Crippen LogP contribution in [0.25, 0.3) is 0 Å². The second-order valence-electron chi connectivity index (χ2n) is 7.34. The number of hydrogen-bond donors (Lipinski definition) is 1. The van der Waals surface area contributed by atoms with Crippen molar-refractivity contribution in [2.45, 2.75) is 51.0 Å². The minimum atomic E-state index is -0.376. The van der Waals surface area contributed by atoms with Crippen molar-refractivity contribution in [2.24, 2.45) is 5.92 Å². The molecule has 0 spiro atoms. The zero-order valence-corrected chi connectivity index (χ0v) is 14.8. The summed E-state index contributed by atoms with van der Waals surface area (Å²) >= 11 is 0. The van der Waals surface area contributed by atoms with Crippen LogP contribution in [-0.4, -0.2) is 38.4 Å². The van der Waals surface area contributed by atoms with Crippen LogP contribution in [0, 0.1) is 12.8 Å². The molecule has 24 heavy (non-hydrogen) atoms. The predicted molar refractivity (Wildman–Crippen MR) is 94.1 cm³/mol. The summed E-state index contributed by atoms with van der Waals surface area (Å²) in [6, 6.07) is 8.50. The van der Waals surface area contributed by atoms with E-state index in [0.29, 0.717) is 19.1 Å². The normalized spacial score (nSPS) is 21.2. The first-order chi connectivity index (χ1) is 11.6. The van der Waals surface area contributed by atoms with E-state index in [1.807, 2.05) is 6.92 Å². The Morgan fingerprint density at radius 1 is 1.33 bits per heavy atom. The number of carbonyl (C=O) groups is 1. The Balaban J connectivity index is 1.64. The van der Waals surface area contributed by atoms with Crippen molar-refractivity contribution < 1.29 is 14.3 Å². The summed E-state index contributed by atoms with van der Waals surface area (Å²) in [5.41, 5.74) is 2.59. The third kappa shape index (κ3) is 4.17. The number of amides is 1. The van der Waals surface area contributed by atoms with Crippen LogP contribution in [0.5, 0.6) is 0 Å².